The van der Waals surface area contributed by atoms with Crippen LogP contribution in [0.2, 0.25) is 0 Å². The molecule has 18 heavy (non-hydrogen) atoms. The molecule has 0 amide bonds. The molecule has 0 saturated heterocycles. The largest absolute Gasteiger partial charge is 0.573 e. The first-order chi connectivity index (χ1) is 8.13. The van der Waals surface area contributed by atoms with Crippen molar-refractivity contribution >= 4 is 6.29 Å². The molecule has 0 heterocycles. The third kappa shape index (κ3) is 4.15. The lowest BCUT2D eigenvalue weighted by atomic mass is 10.3. The number of hydrogen-bond acceptors (Lipinski definition) is 3. The third-order valence-electron chi connectivity index (χ3n) is 1.52. The van der Waals surface area contributed by atoms with Crippen molar-refractivity contribution in [3.05, 3.63) is 24.0 Å². The van der Waals surface area contributed by atoms with Crippen LogP contribution in [0.25, 0.3) is 0 Å². The van der Waals surface area contributed by atoms with Crippen LogP contribution in [0.3, 0.4) is 0 Å². The summed E-state index contributed by atoms with van der Waals surface area (Å²) in [5.41, 5.74) is 0. The number of aldehydes is 1. The molecule has 0 unspecified atom stereocenters. The number of rotatable bonds is 4. The van der Waals surface area contributed by atoms with Crippen LogP contribution in [-0.2, 0) is 4.79 Å². The van der Waals surface area contributed by atoms with Gasteiger partial charge in [-0.1, -0.05) is 0 Å². The first-order valence-corrected chi connectivity index (χ1v) is 4.21. The molecule has 0 aromatic heterocycles. The highest BCUT2D eigenvalue weighted by Gasteiger charge is 2.33. The molecule has 9 heteroatoms. The summed E-state index contributed by atoms with van der Waals surface area (Å²) in [6, 6.07) is 1.28. The minimum atomic E-state index is -5.12. The van der Waals surface area contributed by atoms with Crippen molar-refractivity contribution < 1.29 is 40.6 Å². The Hall–Kier alpha value is -1.93. The lowest BCUT2D eigenvalue weighted by Crippen LogP contribution is -2.26. The molecule has 1 aromatic rings. The van der Waals surface area contributed by atoms with E-state index in [-0.39, 0.29) is 6.07 Å². The van der Waals surface area contributed by atoms with E-state index in [0.29, 0.717) is 12.1 Å². The van der Waals surface area contributed by atoms with Crippen LogP contribution in [0, 0.1) is 5.82 Å². The van der Waals surface area contributed by atoms with Gasteiger partial charge < -0.3 is 9.47 Å². The summed E-state index contributed by atoms with van der Waals surface area (Å²) in [4.78, 5) is 9.83. The molecule has 3 nitrogen and oxygen atoms in total. The van der Waals surface area contributed by atoms with Gasteiger partial charge in [-0.2, -0.15) is 8.78 Å². The highest BCUT2D eigenvalue weighted by atomic mass is 19.4. The van der Waals surface area contributed by atoms with E-state index < -0.39 is 36.1 Å². The van der Waals surface area contributed by atoms with Gasteiger partial charge >= 0.3 is 12.5 Å². The van der Waals surface area contributed by atoms with Crippen molar-refractivity contribution in [2.45, 2.75) is 12.5 Å². The summed E-state index contributed by atoms with van der Waals surface area (Å²) in [7, 11) is 0. The number of halogens is 6. The van der Waals surface area contributed by atoms with E-state index in [1.54, 1.807) is 0 Å². The van der Waals surface area contributed by atoms with Gasteiger partial charge in [0.25, 0.3) is 0 Å². The molecule has 0 saturated carbocycles. The summed E-state index contributed by atoms with van der Waals surface area (Å²) in [5.74, 6) is -3.59. The van der Waals surface area contributed by atoms with Gasteiger partial charge in [0.05, 0.1) is 0 Å². The second-order valence-electron chi connectivity index (χ2n) is 2.92. The van der Waals surface area contributed by atoms with Crippen molar-refractivity contribution in [3.8, 4) is 11.5 Å². The lowest BCUT2D eigenvalue weighted by molar-refractivity contribution is -0.275. The molecule has 0 spiro atoms. The molecular weight excluding hydrogens is 270 g/mol. The maximum absolute atomic E-state index is 13.0. The second-order valence-corrected chi connectivity index (χ2v) is 2.92. The molecule has 0 aliphatic rings. The van der Waals surface area contributed by atoms with E-state index in [2.05, 4.69) is 9.47 Å². The van der Waals surface area contributed by atoms with Gasteiger partial charge in [0.15, 0.2) is 11.6 Å². The highest BCUT2D eigenvalue weighted by Crippen LogP contribution is 2.29. The van der Waals surface area contributed by atoms with E-state index in [9.17, 15) is 31.1 Å². The molecule has 0 radical (unpaired) electrons. The van der Waals surface area contributed by atoms with Crippen molar-refractivity contribution in [2.24, 2.45) is 0 Å². The minimum Gasteiger partial charge on any atom is -0.427 e. The van der Waals surface area contributed by atoms with E-state index in [1.165, 1.54) is 0 Å². The monoisotopic (exact) mass is 274 g/mol. The van der Waals surface area contributed by atoms with Gasteiger partial charge in [-0.25, -0.2) is 4.39 Å². The van der Waals surface area contributed by atoms with Gasteiger partial charge in [-0.3, -0.25) is 4.79 Å². The summed E-state index contributed by atoms with van der Waals surface area (Å²) < 4.78 is 80.1. The second kappa shape index (κ2) is 4.75. The predicted molar refractivity (Wildman–Crippen MR) is 44.7 cm³/mol. The average Bonchev–Trinajstić information content (AvgIpc) is 2.20. The quantitative estimate of drug-likeness (QED) is 0.625. The molecule has 0 atom stereocenters. The maximum Gasteiger partial charge on any atom is 0.573 e. The molecule has 1 aromatic carbocycles. The third-order valence-corrected chi connectivity index (χ3v) is 1.52. The summed E-state index contributed by atoms with van der Waals surface area (Å²) in [6.45, 7) is 0. The van der Waals surface area contributed by atoms with Crippen LogP contribution < -0.4 is 9.47 Å². The Balaban J connectivity index is 2.89. The van der Waals surface area contributed by atoms with Crippen LogP contribution in [0.1, 0.15) is 0 Å². The fourth-order valence-corrected chi connectivity index (χ4v) is 0.934. The van der Waals surface area contributed by atoms with Gasteiger partial charge in [-0.05, 0) is 12.1 Å². The zero-order chi connectivity index (χ0) is 14.0. The molecule has 0 N–H and O–H groups in total. The van der Waals surface area contributed by atoms with Crippen LogP contribution >= 0.6 is 0 Å². The van der Waals surface area contributed by atoms with Gasteiger partial charge in [0.1, 0.15) is 5.75 Å². The number of carbonyl (C=O) groups excluding carboxylic acids is 1. The molecular formula is C9H4F6O3. The fraction of sp³-hybridized carbons (Fsp3) is 0.222. The molecule has 0 aliphatic heterocycles. The Kier molecular flexibility index (Phi) is 3.73. The van der Waals surface area contributed by atoms with E-state index in [4.69, 9.17) is 0 Å². The Bertz CT molecular complexity index is 442. The van der Waals surface area contributed by atoms with Gasteiger partial charge in [-0.15, -0.1) is 13.2 Å². The maximum atomic E-state index is 13.0. The summed E-state index contributed by atoms with van der Waals surface area (Å²) in [5, 5.41) is 0. The summed E-state index contributed by atoms with van der Waals surface area (Å²) >= 11 is 0. The standard InChI is InChI=1S/C9H4F6O3/c10-6-3-5(17-8(11,12)4-16)1-2-7(6)18-9(13,14)15/h1-4H. The van der Waals surface area contributed by atoms with Crippen molar-refractivity contribution in [3.63, 3.8) is 0 Å². The SMILES string of the molecule is O=CC(F)(F)Oc1ccc(OC(F)(F)F)c(F)c1. The zero-order valence-corrected chi connectivity index (χ0v) is 8.30. The fourth-order valence-electron chi connectivity index (χ4n) is 0.934. The van der Waals surface area contributed by atoms with Crippen LogP contribution in [0.15, 0.2) is 18.2 Å². The lowest BCUT2D eigenvalue weighted by Gasteiger charge is -2.13. The molecule has 0 bridgehead atoms. The molecule has 100 valence electrons. The van der Waals surface area contributed by atoms with Crippen molar-refractivity contribution in [2.75, 3.05) is 0 Å². The first-order valence-electron chi connectivity index (χ1n) is 4.21. The smallest absolute Gasteiger partial charge is 0.427 e. The summed E-state index contributed by atoms with van der Waals surface area (Å²) in [6.07, 6.45) is -10.2. The normalized spacial score (nSPS) is 12.1. The predicted octanol–water partition coefficient (Wildman–Crippen LogP) is 2.89. The average molecular weight is 274 g/mol. The van der Waals surface area contributed by atoms with Crippen LogP contribution in [0.5, 0.6) is 11.5 Å². The Morgan fingerprint density at radius 3 is 2.11 bits per heavy atom. The highest BCUT2D eigenvalue weighted by molar-refractivity contribution is 5.58. The van der Waals surface area contributed by atoms with Crippen LogP contribution in [0.4, 0.5) is 26.3 Å². The Morgan fingerprint density at radius 2 is 1.67 bits per heavy atom. The molecule has 0 aliphatic carbocycles. The van der Waals surface area contributed by atoms with Crippen LogP contribution in [-0.4, -0.2) is 18.8 Å². The van der Waals surface area contributed by atoms with Gasteiger partial charge in [0, 0.05) is 6.07 Å². The zero-order valence-electron chi connectivity index (χ0n) is 8.30. The molecule has 0 fully saturated rings. The number of carbonyl (C=O) groups is 1. The van der Waals surface area contributed by atoms with Crippen molar-refractivity contribution in [1.82, 2.24) is 0 Å². The van der Waals surface area contributed by atoms with E-state index in [0.717, 1.165) is 0 Å². The Labute approximate surface area is 95.9 Å². The number of ether oxygens (including phenoxy) is 2. The number of hydrogen-bond donors (Lipinski definition) is 0. The van der Waals surface area contributed by atoms with Gasteiger partial charge in [0.2, 0.25) is 6.29 Å². The minimum absolute atomic E-state index is 0.235. The van der Waals surface area contributed by atoms with Crippen molar-refractivity contribution in [1.29, 1.82) is 0 Å². The number of benzene rings is 1. The van der Waals surface area contributed by atoms with E-state index >= 15 is 0 Å². The Morgan fingerprint density at radius 1 is 1.06 bits per heavy atom. The first kappa shape index (κ1) is 14.1. The van der Waals surface area contributed by atoms with E-state index in [1.807, 2.05) is 0 Å². The topological polar surface area (TPSA) is 35.5 Å². The number of alkyl halides is 5. The molecule has 1 rings (SSSR count).